The second-order valence-electron chi connectivity index (χ2n) is 10.8. The number of fused-ring (bicyclic) bond motifs is 1. The van der Waals surface area contributed by atoms with Gasteiger partial charge < -0.3 is 19.9 Å². The van der Waals surface area contributed by atoms with Crippen LogP contribution in [0.3, 0.4) is 0 Å². The van der Waals surface area contributed by atoms with E-state index in [-0.39, 0.29) is 35.4 Å². The Bertz CT molecular complexity index is 1090. The lowest BCUT2D eigenvalue weighted by molar-refractivity contribution is 0.0283. The number of carbonyl (C=O) groups is 2. The molecule has 1 saturated heterocycles. The van der Waals surface area contributed by atoms with Crippen molar-refractivity contribution in [1.82, 2.24) is 15.1 Å². The molecule has 180 valence electrons. The van der Waals surface area contributed by atoms with Crippen LogP contribution in [0.2, 0.25) is 0 Å². The normalized spacial score (nSPS) is 22.9. The molecule has 2 atom stereocenters. The van der Waals surface area contributed by atoms with Crippen molar-refractivity contribution < 1.29 is 18.7 Å². The highest BCUT2D eigenvalue weighted by molar-refractivity contribution is 5.77. The maximum atomic E-state index is 13.6. The van der Waals surface area contributed by atoms with Gasteiger partial charge in [-0.15, -0.1) is 0 Å². The van der Waals surface area contributed by atoms with E-state index in [0.29, 0.717) is 19.6 Å². The van der Waals surface area contributed by atoms with E-state index >= 15 is 0 Å². The molecule has 1 aliphatic carbocycles. The summed E-state index contributed by atoms with van der Waals surface area (Å²) in [5.41, 5.74) is 2.53. The molecular formula is C27H32FN3O3. The summed E-state index contributed by atoms with van der Waals surface area (Å²) in [6, 6.07) is 14.0. The lowest BCUT2D eigenvalue weighted by atomic mass is 9.88. The third kappa shape index (κ3) is 4.36. The van der Waals surface area contributed by atoms with Gasteiger partial charge in [-0.1, -0.05) is 36.4 Å². The van der Waals surface area contributed by atoms with Gasteiger partial charge >= 0.3 is 12.1 Å². The Morgan fingerprint density at radius 3 is 2.47 bits per heavy atom. The molecule has 0 bridgehead atoms. The first-order chi connectivity index (χ1) is 16.2. The van der Waals surface area contributed by atoms with Crippen molar-refractivity contribution in [3.63, 3.8) is 0 Å². The molecule has 5 rings (SSSR count). The third-order valence-corrected chi connectivity index (χ3v) is 7.22. The zero-order valence-electron chi connectivity index (χ0n) is 20.0. The number of likely N-dealkylation sites (tertiary alicyclic amines) is 1. The summed E-state index contributed by atoms with van der Waals surface area (Å²) < 4.78 is 19.2. The topological polar surface area (TPSA) is 61.9 Å². The molecule has 0 radical (unpaired) electrons. The zero-order chi connectivity index (χ0) is 24.1. The molecule has 1 unspecified atom stereocenters. The summed E-state index contributed by atoms with van der Waals surface area (Å²) in [7, 11) is 0. The van der Waals surface area contributed by atoms with Gasteiger partial charge in [-0.05, 0) is 68.9 Å². The smallest absolute Gasteiger partial charge is 0.410 e. The molecule has 3 amide bonds. The minimum atomic E-state index is -0.557. The van der Waals surface area contributed by atoms with Gasteiger partial charge in [0.25, 0.3) is 0 Å². The minimum absolute atomic E-state index is 0.0639. The van der Waals surface area contributed by atoms with Gasteiger partial charge in [-0.25, -0.2) is 14.0 Å². The van der Waals surface area contributed by atoms with Crippen LogP contribution in [-0.4, -0.2) is 53.2 Å². The maximum Gasteiger partial charge on any atom is 0.410 e. The minimum Gasteiger partial charge on any atom is -0.444 e. The van der Waals surface area contributed by atoms with Crippen molar-refractivity contribution in [2.24, 2.45) is 5.41 Å². The predicted molar refractivity (Wildman–Crippen MR) is 127 cm³/mol. The number of amides is 3. The van der Waals surface area contributed by atoms with E-state index in [9.17, 15) is 14.0 Å². The number of hydrogen-bond donors (Lipinski definition) is 1. The van der Waals surface area contributed by atoms with E-state index in [0.717, 1.165) is 30.4 Å². The summed E-state index contributed by atoms with van der Waals surface area (Å²) in [5.74, 6) is -0.298. The molecule has 1 spiro atoms. The average Bonchev–Trinajstić information content (AvgIpc) is 3.48. The van der Waals surface area contributed by atoms with Crippen molar-refractivity contribution in [3.8, 4) is 0 Å². The van der Waals surface area contributed by atoms with Crippen molar-refractivity contribution >= 4 is 12.1 Å². The van der Waals surface area contributed by atoms with E-state index in [1.54, 1.807) is 17.0 Å². The average molecular weight is 466 g/mol. The van der Waals surface area contributed by atoms with Gasteiger partial charge in [-0.2, -0.15) is 0 Å². The molecule has 2 aliphatic heterocycles. The number of ether oxygens (including phenoxy) is 1. The number of halogens is 1. The number of nitrogens with one attached hydrogen (secondary N) is 1. The van der Waals surface area contributed by atoms with Crippen LogP contribution in [0, 0.1) is 11.2 Å². The van der Waals surface area contributed by atoms with Crippen LogP contribution in [0.5, 0.6) is 0 Å². The number of rotatable bonds is 2. The summed E-state index contributed by atoms with van der Waals surface area (Å²) in [6.07, 6.45) is 2.41. The van der Waals surface area contributed by atoms with Crippen molar-refractivity contribution in [3.05, 3.63) is 71.0 Å². The Balaban J connectivity index is 1.36. The first-order valence-corrected chi connectivity index (χ1v) is 12.0. The number of hydrogen-bond acceptors (Lipinski definition) is 3. The summed E-state index contributed by atoms with van der Waals surface area (Å²) >= 11 is 0. The summed E-state index contributed by atoms with van der Waals surface area (Å²) in [5, 5.41) is 3.25. The van der Waals surface area contributed by atoms with Gasteiger partial charge in [0.2, 0.25) is 0 Å². The monoisotopic (exact) mass is 465 g/mol. The van der Waals surface area contributed by atoms with Crippen molar-refractivity contribution in [2.75, 3.05) is 19.6 Å². The molecule has 7 heteroatoms. The SMILES string of the molecule is CC(C)(C)OC(=O)N1CC(NC(=O)N2CCc3ccccc3[C@@H]2c2ccc(F)cc2)C2(CC2)C1. The second kappa shape index (κ2) is 8.29. The first kappa shape index (κ1) is 22.7. The van der Waals surface area contributed by atoms with Crippen molar-refractivity contribution in [2.45, 2.75) is 57.7 Å². The third-order valence-electron chi connectivity index (χ3n) is 7.22. The fraction of sp³-hybridized carbons (Fsp3) is 0.481. The van der Waals surface area contributed by atoms with Crippen LogP contribution in [-0.2, 0) is 11.2 Å². The molecule has 34 heavy (non-hydrogen) atoms. The number of benzene rings is 2. The quantitative estimate of drug-likeness (QED) is 0.688. The molecule has 2 aromatic rings. The lowest BCUT2D eigenvalue weighted by Crippen LogP contribution is -2.51. The van der Waals surface area contributed by atoms with E-state index in [2.05, 4.69) is 11.4 Å². The molecule has 1 N–H and O–H groups in total. The molecule has 2 heterocycles. The maximum absolute atomic E-state index is 13.6. The fourth-order valence-corrected chi connectivity index (χ4v) is 5.32. The Kier molecular flexibility index (Phi) is 5.53. The Morgan fingerprint density at radius 1 is 1.09 bits per heavy atom. The molecule has 6 nitrogen and oxygen atoms in total. The highest BCUT2D eigenvalue weighted by atomic mass is 19.1. The van der Waals surface area contributed by atoms with E-state index in [1.807, 2.05) is 43.9 Å². The molecule has 2 aromatic carbocycles. The van der Waals surface area contributed by atoms with Crippen molar-refractivity contribution in [1.29, 1.82) is 0 Å². The Labute approximate surface area is 200 Å². The van der Waals surface area contributed by atoms with Gasteiger partial charge in [0, 0.05) is 25.0 Å². The van der Waals surface area contributed by atoms with E-state index < -0.39 is 5.60 Å². The van der Waals surface area contributed by atoms with E-state index in [1.165, 1.54) is 17.7 Å². The van der Waals surface area contributed by atoms with Crippen LogP contribution in [0.1, 0.15) is 56.3 Å². The lowest BCUT2D eigenvalue weighted by Gasteiger charge is -2.38. The summed E-state index contributed by atoms with van der Waals surface area (Å²) in [6.45, 7) is 7.20. The largest absolute Gasteiger partial charge is 0.444 e. The predicted octanol–water partition coefficient (Wildman–Crippen LogP) is 4.88. The van der Waals surface area contributed by atoms with Crippen LogP contribution in [0.4, 0.5) is 14.0 Å². The highest BCUT2D eigenvalue weighted by Crippen LogP contribution is 2.53. The number of carbonyl (C=O) groups excluding carboxylic acids is 2. The van der Waals surface area contributed by atoms with Crippen LogP contribution < -0.4 is 5.32 Å². The summed E-state index contributed by atoms with van der Waals surface area (Å²) in [4.78, 5) is 29.9. The Morgan fingerprint density at radius 2 is 1.79 bits per heavy atom. The zero-order valence-corrected chi connectivity index (χ0v) is 20.0. The molecule has 0 aromatic heterocycles. The molecule has 3 aliphatic rings. The van der Waals surface area contributed by atoms with Crippen LogP contribution in [0.25, 0.3) is 0 Å². The second-order valence-corrected chi connectivity index (χ2v) is 10.8. The van der Waals surface area contributed by atoms with Crippen LogP contribution >= 0.6 is 0 Å². The van der Waals surface area contributed by atoms with Gasteiger partial charge in [0.05, 0.1) is 12.1 Å². The molecule has 1 saturated carbocycles. The number of nitrogens with zero attached hydrogens (tertiary/aromatic N) is 2. The fourth-order valence-electron chi connectivity index (χ4n) is 5.32. The first-order valence-electron chi connectivity index (χ1n) is 12.0. The molecular weight excluding hydrogens is 433 g/mol. The number of urea groups is 1. The van der Waals surface area contributed by atoms with Gasteiger partial charge in [0.15, 0.2) is 0 Å². The van der Waals surface area contributed by atoms with Crippen LogP contribution in [0.15, 0.2) is 48.5 Å². The highest BCUT2D eigenvalue weighted by Gasteiger charge is 2.57. The van der Waals surface area contributed by atoms with E-state index in [4.69, 9.17) is 4.74 Å². The van der Waals surface area contributed by atoms with Gasteiger partial charge in [-0.3, -0.25) is 0 Å². The standard InChI is InChI=1S/C27H32FN3O3/c1-26(2,3)34-25(33)30-16-22(27(17-30)13-14-27)29-24(32)31-15-12-18-6-4-5-7-21(18)23(31)19-8-10-20(28)11-9-19/h4-11,22-23H,12-17H2,1-3H3,(H,29,32)/t22?,23-/m0/s1. The Hall–Kier alpha value is -3.09. The van der Waals surface area contributed by atoms with Gasteiger partial charge in [0.1, 0.15) is 11.4 Å². The molecule has 2 fully saturated rings.